The number of nitrogens with zero attached hydrogens (tertiary/aromatic N) is 2. The second kappa shape index (κ2) is 10.1. The number of carbonyl (C=O) groups is 3. The Bertz CT molecular complexity index is 1250. The number of nitrogens with one attached hydrogen (secondary N) is 2. The molecule has 3 aromatic rings. The monoisotopic (exact) mass is 536 g/mol. The summed E-state index contributed by atoms with van der Waals surface area (Å²) in [5.74, 6) is -1.21. The summed E-state index contributed by atoms with van der Waals surface area (Å²) in [5, 5.41) is 4.20. The molecule has 0 aromatic heterocycles. The largest absolute Gasteiger partial charge is 0.326 e. The van der Waals surface area contributed by atoms with Crippen LogP contribution in [0.2, 0.25) is 0 Å². The van der Waals surface area contributed by atoms with E-state index >= 15 is 0 Å². The SMILES string of the molecule is Cc1cccc(NC(=O)CC2C(=O)N(c3ccccc3)C(=S)N2NC(=O)c2ccc(Br)cc2)c1. The van der Waals surface area contributed by atoms with Gasteiger partial charge in [0.15, 0.2) is 0 Å². The van der Waals surface area contributed by atoms with Gasteiger partial charge < -0.3 is 5.32 Å². The van der Waals surface area contributed by atoms with E-state index in [9.17, 15) is 14.4 Å². The lowest BCUT2D eigenvalue weighted by atomic mass is 10.1. The molecule has 1 aliphatic heterocycles. The maximum absolute atomic E-state index is 13.4. The van der Waals surface area contributed by atoms with Gasteiger partial charge in [-0.3, -0.25) is 24.7 Å². The summed E-state index contributed by atoms with van der Waals surface area (Å²) in [6, 6.07) is 22.0. The molecule has 0 bridgehead atoms. The van der Waals surface area contributed by atoms with Crippen LogP contribution in [0, 0.1) is 6.92 Å². The number of hydrogen-bond donors (Lipinski definition) is 2. The summed E-state index contributed by atoms with van der Waals surface area (Å²) in [6.45, 7) is 1.92. The van der Waals surface area contributed by atoms with Gasteiger partial charge in [-0.1, -0.05) is 46.3 Å². The third-order valence-corrected chi connectivity index (χ3v) is 6.15. The number of hydrogen-bond acceptors (Lipinski definition) is 4. The second-order valence-electron chi connectivity index (χ2n) is 7.75. The molecule has 172 valence electrons. The number of benzene rings is 3. The minimum Gasteiger partial charge on any atom is -0.326 e. The lowest BCUT2D eigenvalue weighted by Crippen LogP contribution is -2.49. The Kier molecular flexibility index (Phi) is 7.04. The van der Waals surface area contributed by atoms with E-state index in [2.05, 4.69) is 26.7 Å². The molecule has 9 heteroatoms. The number of halogens is 1. The number of rotatable bonds is 6. The first-order valence-corrected chi connectivity index (χ1v) is 11.7. The van der Waals surface area contributed by atoms with Crippen molar-refractivity contribution in [2.45, 2.75) is 19.4 Å². The molecular formula is C25H21BrN4O3S. The molecule has 1 atom stereocenters. The fraction of sp³-hybridized carbons (Fsp3) is 0.120. The third kappa shape index (κ3) is 5.16. The van der Waals surface area contributed by atoms with Crippen LogP contribution in [-0.2, 0) is 9.59 Å². The van der Waals surface area contributed by atoms with Crippen LogP contribution in [0.15, 0.2) is 83.3 Å². The van der Waals surface area contributed by atoms with E-state index in [1.54, 1.807) is 54.6 Å². The molecule has 7 nitrogen and oxygen atoms in total. The minimum atomic E-state index is -1.00. The molecule has 0 saturated carbocycles. The smallest absolute Gasteiger partial charge is 0.269 e. The number of thiocarbonyl (C=S) groups is 1. The standard InChI is InChI=1S/C25H21BrN4O3S/c1-16-6-5-7-19(14-16)27-22(31)15-21-24(33)29(20-8-3-2-4-9-20)25(34)30(21)28-23(32)17-10-12-18(26)13-11-17/h2-14,21H,15H2,1H3,(H,27,31)(H,28,32). The molecule has 0 radical (unpaired) electrons. The maximum Gasteiger partial charge on any atom is 0.269 e. The number of anilines is 2. The highest BCUT2D eigenvalue weighted by atomic mass is 79.9. The van der Waals surface area contributed by atoms with E-state index in [4.69, 9.17) is 12.2 Å². The summed E-state index contributed by atoms with van der Waals surface area (Å²) in [5.41, 5.74) is 5.29. The molecule has 1 heterocycles. The molecule has 1 saturated heterocycles. The molecule has 0 aliphatic carbocycles. The van der Waals surface area contributed by atoms with E-state index in [0.29, 0.717) is 16.9 Å². The van der Waals surface area contributed by atoms with Crippen molar-refractivity contribution in [2.24, 2.45) is 0 Å². The van der Waals surface area contributed by atoms with Gasteiger partial charge in [-0.25, -0.2) is 5.01 Å². The van der Waals surface area contributed by atoms with Crippen molar-refractivity contribution in [3.63, 3.8) is 0 Å². The fourth-order valence-electron chi connectivity index (χ4n) is 3.60. The van der Waals surface area contributed by atoms with Crippen LogP contribution in [0.3, 0.4) is 0 Å². The van der Waals surface area contributed by atoms with Crippen LogP contribution in [0.4, 0.5) is 11.4 Å². The first kappa shape index (κ1) is 23.6. The molecule has 1 fully saturated rings. The van der Waals surface area contributed by atoms with Crippen LogP contribution in [-0.4, -0.2) is 33.9 Å². The van der Waals surface area contributed by atoms with E-state index in [-0.39, 0.29) is 17.4 Å². The summed E-state index contributed by atoms with van der Waals surface area (Å²) in [7, 11) is 0. The summed E-state index contributed by atoms with van der Waals surface area (Å²) in [4.78, 5) is 40.5. The van der Waals surface area contributed by atoms with Gasteiger partial charge in [0, 0.05) is 15.7 Å². The maximum atomic E-state index is 13.4. The zero-order chi connectivity index (χ0) is 24.2. The summed E-state index contributed by atoms with van der Waals surface area (Å²) >= 11 is 8.91. The molecular weight excluding hydrogens is 516 g/mol. The van der Waals surface area contributed by atoms with Crippen molar-refractivity contribution in [3.8, 4) is 0 Å². The van der Waals surface area contributed by atoms with Gasteiger partial charge in [0.1, 0.15) is 6.04 Å². The van der Waals surface area contributed by atoms with Crippen molar-refractivity contribution in [1.29, 1.82) is 0 Å². The first-order valence-electron chi connectivity index (χ1n) is 10.5. The normalized spacial score (nSPS) is 15.4. The Hall–Kier alpha value is -3.56. The van der Waals surface area contributed by atoms with Gasteiger partial charge in [0.05, 0.1) is 12.1 Å². The van der Waals surface area contributed by atoms with Gasteiger partial charge in [-0.2, -0.15) is 0 Å². The second-order valence-corrected chi connectivity index (χ2v) is 9.03. The molecule has 1 unspecified atom stereocenters. The van der Waals surface area contributed by atoms with Crippen LogP contribution < -0.4 is 15.6 Å². The quantitative estimate of drug-likeness (QED) is 0.455. The Morgan fingerprint density at radius 2 is 1.71 bits per heavy atom. The number of carbonyl (C=O) groups excluding carboxylic acids is 3. The number of hydrazine groups is 1. The third-order valence-electron chi connectivity index (χ3n) is 5.24. The molecule has 1 aliphatic rings. The Morgan fingerprint density at radius 1 is 1.00 bits per heavy atom. The zero-order valence-corrected chi connectivity index (χ0v) is 20.6. The van der Waals surface area contributed by atoms with Gasteiger partial charge >= 0.3 is 0 Å². The average molecular weight is 537 g/mol. The number of amides is 3. The Labute approximate surface area is 210 Å². The molecule has 3 amide bonds. The fourth-order valence-corrected chi connectivity index (χ4v) is 4.23. The van der Waals surface area contributed by atoms with Gasteiger partial charge in [0.2, 0.25) is 11.0 Å². The number of para-hydroxylation sites is 1. The van der Waals surface area contributed by atoms with Crippen molar-refractivity contribution in [2.75, 3.05) is 10.2 Å². The Morgan fingerprint density at radius 3 is 2.38 bits per heavy atom. The van der Waals surface area contributed by atoms with Gasteiger partial charge in [-0.15, -0.1) is 0 Å². The van der Waals surface area contributed by atoms with Crippen molar-refractivity contribution >= 4 is 62.4 Å². The highest BCUT2D eigenvalue weighted by molar-refractivity contribution is 9.10. The lowest BCUT2D eigenvalue weighted by molar-refractivity contribution is -0.124. The van der Waals surface area contributed by atoms with Crippen LogP contribution in [0.25, 0.3) is 0 Å². The van der Waals surface area contributed by atoms with E-state index in [1.807, 2.05) is 31.2 Å². The highest BCUT2D eigenvalue weighted by Gasteiger charge is 2.45. The average Bonchev–Trinajstić information content (AvgIpc) is 3.04. The van der Waals surface area contributed by atoms with Gasteiger partial charge in [-0.05, 0) is 73.2 Å². The predicted molar refractivity (Wildman–Crippen MR) is 138 cm³/mol. The van der Waals surface area contributed by atoms with Crippen molar-refractivity contribution < 1.29 is 14.4 Å². The molecule has 4 rings (SSSR count). The molecule has 34 heavy (non-hydrogen) atoms. The predicted octanol–water partition coefficient (Wildman–Crippen LogP) is 4.43. The van der Waals surface area contributed by atoms with Crippen LogP contribution >= 0.6 is 28.1 Å². The molecule has 2 N–H and O–H groups in total. The summed E-state index contributed by atoms with van der Waals surface area (Å²) < 4.78 is 0.830. The minimum absolute atomic E-state index is 0.0926. The van der Waals surface area contributed by atoms with E-state index in [0.717, 1.165) is 10.0 Å². The van der Waals surface area contributed by atoms with Crippen LogP contribution in [0.5, 0.6) is 0 Å². The van der Waals surface area contributed by atoms with Gasteiger partial charge in [0.25, 0.3) is 11.8 Å². The lowest BCUT2D eigenvalue weighted by Gasteiger charge is -2.24. The first-order chi connectivity index (χ1) is 16.3. The van der Waals surface area contributed by atoms with Crippen molar-refractivity contribution in [3.05, 3.63) is 94.5 Å². The van der Waals surface area contributed by atoms with Crippen LogP contribution in [0.1, 0.15) is 22.3 Å². The summed E-state index contributed by atoms with van der Waals surface area (Å²) in [6.07, 6.45) is -0.198. The highest BCUT2D eigenvalue weighted by Crippen LogP contribution is 2.26. The molecule has 3 aromatic carbocycles. The Balaban J connectivity index is 1.59. The number of aryl methyl sites for hydroxylation is 1. The van der Waals surface area contributed by atoms with E-state index < -0.39 is 17.9 Å². The van der Waals surface area contributed by atoms with E-state index in [1.165, 1.54) is 9.91 Å². The zero-order valence-electron chi connectivity index (χ0n) is 18.2. The van der Waals surface area contributed by atoms with Crippen molar-refractivity contribution in [1.82, 2.24) is 10.4 Å². The topological polar surface area (TPSA) is 81.8 Å². The molecule has 0 spiro atoms.